The maximum Gasteiger partial charge on any atom is 0.223 e. The molecule has 1 aliphatic rings. The molecule has 4 nitrogen and oxygen atoms in total. The quantitative estimate of drug-likeness (QED) is 0.754. The molecule has 5 heteroatoms. The molecule has 1 aromatic carbocycles. The average Bonchev–Trinajstić information content (AvgIpc) is 3.04. The summed E-state index contributed by atoms with van der Waals surface area (Å²) in [5.41, 5.74) is 1.70. The van der Waals surface area contributed by atoms with E-state index in [-0.39, 0.29) is 30.4 Å². The van der Waals surface area contributed by atoms with Crippen LogP contribution in [0.4, 0.5) is 0 Å². The SMILES string of the molecule is Cc1cc(C(=O)CCC(=O)N2CCC(C(O)c3ccccc3)CC2)c(C)s1. The molecule has 1 N–H and O–H groups in total. The van der Waals surface area contributed by atoms with E-state index in [1.807, 2.05) is 55.1 Å². The smallest absolute Gasteiger partial charge is 0.223 e. The molecule has 1 aromatic heterocycles. The van der Waals surface area contributed by atoms with Crippen molar-refractivity contribution in [3.8, 4) is 0 Å². The number of likely N-dealkylation sites (tertiary alicyclic amines) is 1. The van der Waals surface area contributed by atoms with Gasteiger partial charge in [-0.05, 0) is 44.2 Å². The number of piperidine rings is 1. The van der Waals surface area contributed by atoms with E-state index < -0.39 is 6.10 Å². The highest BCUT2D eigenvalue weighted by atomic mass is 32.1. The van der Waals surface area contributed by atoms with Crippen molar-refractivity contribution in [1.82, 2.24) is 4.90 Å². The summed E-state index contributed by atoms with van der Waals surface area (Å²) in [5, 5.41) is 10.6. The van der Waals surface area contributed by atoms with Crippen LogP contribution >= 0.6 is 11.3 Å². The van der Waals surface area contributed by atoms with Gasteiger partial charge in [0.15, 0.2) is 5.78 Å². The van der Waals surface area contributed by atoms with Crippen molar-refractivity contribution in [2.75, 3.05) is 13.1 Å². The van der Waals surface area contributed by atoms with Crippen LogP contribution in [0.3, 0.4) is 0 Å². The Morgan fingerprint density at radius 3 is 2.41 bits per heavy atom. The Bertz CT molecular complexity index is 791. The van der Waals surface area contributed by atoms with Crippen molar-refractivity contribution in [2.45, 2.75) is 45.6 Å². The summed E-state index contributed by atoms with van der Waals surface area (Å²) in [7, 11) is 0. The highest BCUT2D eigenvalue weighted by molar-refractivity contribution is 7.12. The number of hydrogen-bond donors (Lipinski definition) is 1. The molecule has 2 heterocycles. The van der Waals surface area contributed by atoms with Gasteiger partial charge in [-0.25, -0.2) is 0 Å². The van der Waals surface area contributed by atoms with Crippen LogP contribution < -0.4 is 0 Å². The molecule has 0 radical (unpaired) electrons. The Morgan fingerprint density at radius 1 is 1.15 bits per heavy atom. The fourth-order valence-corrected chi connectivity index (χ4v) is 4.75. The molecule has 0 aliphatic carbocycles. The van der Waals surface area contributed by atoms with E-state index in [2.05, 4.69) is 0 Å². The van der Waals surface area contributed by atoms with Crippen LogP contribution in [0.1, 0.15) is 57.5 Å². The zero-order chi connectivity index (χ0) is 19.4. The van der Waals surface area contributed by atoms with Crippen molar-refractivity contribution >= 4 is 23.0 Å². The molecule has 1 unspecified atom stereocenters. The summed E-state index contributed by atoms with van der Waals surface area (Å²) in [6, 6.07) is 11.6. The van der Waals surface area contributed by atoms with Crippen molar-refractivity contribution in [1.29, 1.82) is 0 Å². The molecule has 0 bridgehead atoms. The number of carbonyl (C=O) groups excluding carboxylic acids is 2. The molecular formula is C22H27NO3S. The van der Waals surface area contributed by atoms with Gasteiger partial charge in [0.05, 0.1) is 6.10 Å². The zero-order valence-corrected chi connectivity index (χ0v) is 16.8. The number of rotatable bonds is 6. The average molecular weight is 386 g/mol. The zero-order valence-electron chi connectivity index (χ0n) is 16.0. The molecule has 1 saturated heterocycles. The molecule has 1 amide bonds. The standard InChI is InChI=1S/C22H27NO3S/c1-15-14-19(16(2)27-15)20(24)8-9-21(25)23-12-10-18(11-13-23)22(26)17-6-4-3-5-7-17/h3-7,14,18,22,26H,8-13H2,1-2H3. The van der Waals surface area contributed by atoms with Gasteiger partial charge in [-0.15, -0.1) is 11.3 Å². The summed E-state index contributed by atoms with van der Waals surface area (Å²) in [4.78, 5) is 28.8. The van der Waals surface area contributed by atoms with Crippen LogP contribution in [0.25, 0.3) is 0 Å². The van der Waals surface area contributed by atoms with Crippen molar-refractivity contribution in [3.63, 3.8) is 0 Å². The molecule has 2 aromatic rings. The Hall–Kier alpha value is -1.98. The van der Waals surface area contributed by atoms with Crippen LogP contribution in [0, 0.1) is 19.8 Å². The number of benzene rings is 1. The second-order valence-electron chi connectivity index (χ2n) is 7.32. The van der Waals surface area contributed by atoms with Crippen LogP contribution in [0.15, 0.2) is 36.4 Å². The topological polar surface area (TPSA) is 57.6 Å². The van der Waals surface area contributed by atoms with E-state index in [0.29, 0.717) is 13.1 Å². The lowest BCUT2D eigenvalue weighted by molar-refractivity contribution is -0.133. The van der Waals surface area contributed by atoms with Crippen molar-refractivity contribution < 1.29 is 14.7 Å². The number of nitrogens with zero attached hydrogens (tertiary/aromatic N) is 1. The van der Waals surface area contributed by atoms with Crippen LogP contribution in [0.2, 0.25) is 0 Å². The molecule has 1 aliphatic heterocycles. The third-order valence-electron chi connectivity index (χ3n) is 5.39. The molecule has 0 spiro atoms. The Kier molecular flexibility index (Phi) is 6.45. The minimum Gasteiger partial charge on any atom is -0.388 e. The lowest BCUT2D eigenvalue weighted by Crippen LogP contribution is -2.39. The monoisotopic (exact) mass is 385 g/mol. The van der Waals surface area contributed by atoms with Gasteiger partial charge >= 0.3 is 0 Å². The summed E-state index contributed by atoms with van der Waals surface area (Å²) in [6.45, 7) is 5.25. The second kappa shape index (κ2) is 8.81. The summed E-state index contributed by atoms with van der Waals surface area (Å²) in [5.74, 6) is 0.273. The van der Waals surface area contributed by atoms with Crippen molar-refractivity contribution in [2.24, 2.45) is 5.92 Å². The number of aliphatic hydroxyl groups excluding tert-OH is 1. The number of hydrogen-bond acceptors (Lipinski definition) is 4. The van der Waals surface area contributed by atoms with Gasteiger partial charge < -0.3 is 10.0 Å². The number of amides is 1. The van der Waals surface area contributed by atoms with Crippen LogP contribution in [-0.2, 0) is 4.79 Å². The largest absolute Gasteiger partial charge is 0.388 e. The van der Waals surface area contributed by atoms with Gasteiger partial charge in [0.2, 0.25) is 5.91 Å². The highest BCUT2D eigenvalue weighted by Gasteiger charge is 2.28. The van der Waals surface area contributed by atoms with Gasteiger partial charge in [0.1, 0.15) is 0 Å². The minimum absolute atomic E-state index is 0.0422. The van der Waals surface area contributed by atoms with Gasteiger partial charge in [-0.3, -0.25) is 9.59 Å². The van der Waals surface area contributed by atoms with E-state index in [9.17, 15) is 14.7 Å². The van der Waals surface area contributed by atoms with Crippen LogP contribution in [0.5, 0.6) is 0 Å². The first-order valence-electron chi connectivity index (χ1n) is 9.56. The van der Waals surface area contributed by atoms with Crippen molar-refractivity contribution in [3.05, 3.63) is 57.3 Å². The number of Topliss-reactive ketones (excluding diaryl/α,β-unsaturated/α-hetero) is 1. The predicted octanol–water partition coefficient (Wildman–Crippen LogP) is 4.30. The first-order chi connectivity index (χ1) is 13.0. The predicted molar refractivity (Wildman–Crippen MR) is 108 cm³/mol. The van der Waals surface area contributed by atoms with E-state index in [0.717, 1.165) is 33.7 Å². The molecule has 144 valence electrons. The van der Waals surface area contributed by atoms with Gasteiger partial charge in [-0.1, -0.05) is 30.3 Å². The lowest BCUT2D eigenvalue weighted by Gasteiger charge is -2.34. The summed E-state index contributed by atoms with van der Waals surface area (Å²) in [6.07, 6.45) is 1.63. The fourth-order valence-electron chi connectivity index (χ4n) is 3.81. The minimum atomic E-state index is -0.477. The first kappa shape index (κ1) is 19.8. The molecule has 1 fully saturated rings. The summed E-state index contributed by atoms with van der Waals surface area (Å²) >= 11 is 1.62. The van der Waals surface area contributed by atoms with Gasteiger partial charge in [-0.2, -0.15) is 0 Å². The van der Waals surface area contributed by atoms with E-state index in [4.69, 9.17) is 0 Å². The number of aliphatic hydroxyl groups is 1. The Morgan fingerprint density at radius 2 is 1.81 bits per heavy atom. The highest BCUT2D eigenvalue weighted by Crippen LogP contribution is 2.31. The molecule has 1 atom stereocenters. The molecular weight excluding hydrogens is 358 g/mol. The number of ketones is 1. The third kappa shape index (κ3) is 4.85. The van der Waals surface area contributed by atoms with E-state index in [1.165, 1.54) is 0 Å². The Labute approximate surface area is 164 Å². The Balaban J connectivity index is 1.47. The number of aryl methyl sites for hydroxylation is 2. The number of thiophene rings is 1. The summed E-state index contributed by atoms with van der Waals surface area (Å²) < 4.78 is 0. The maximum absolute atomic E-state index is 12.5. The van der Waals surface area contributed by atoms with Crippen LogP contribution in [-0.4, -0.2) is 34.8 Å². The molecule has 3 rings (SSSR count). The lowest BCUT2D eigenvalue weighted by atomic mass is 9.87. The van der Waals surface area contributed by atoms with Gasteiger partial charge in [0, 0.05) is 41.2 Å². The first-order valence-corrected chi connectivity index (χ1v) is 10.4. The molecule has 0 saturated carbocycles. The fraction of sp³-hybridized carbons (Fsp3) is 0.455. The number of carbonyl (C=O) groups is 2. The van der Waals surface area contributed by atoms with E-state index >= 15 is 0 Å². The third-order valence-corrected chi connectivity index (χ3v) is 6.35. The van der Waals surface area contributed by atoms with Gasteiger partial charge in [0.25, 0.3) is 0 Å². The second-order valence-corrected chi connectivity index (χ2v) is 8.78. The normalized spacial score (nSPS) is 16.3. The van der Waals surface area contributed by atoms with E-state index in [1.54, 1.807) is 11.3 Å². The maximum atomic E-state index is 12.5. The molecule has 27 heavy (non-hydrogen) atoms.